The van der Waals surface area contributed by atoms with Crippen LogP contribution < -0.4 is 10.2 Å². The Morgan fingerprint density at radius 1 is 1.15 bits per heavy atom. The molecule has 3 rings (SSSR count). The van der Waals surface area contributed by atoms with Crippen LogP contribution in [0.3, 0.4) is 0 Å². The number of hydrazine groups is 1. The van der Waals surface area contributed by atoms with Gasteiger partial charge in [-0.15, -0.1) is 0 Å². The lowest BCUT2D eigenvalue weighted by atomic mass is 9.78. The van der Waals surface area contributed by atoms with E-state index in [0.29, 0.717) is 23.6 Å². The number of allylic oxidation sites excluding steroid dienone is 2. The lowest BCUT2D eigenvalue weighted by molar-refractivity contribution is -0.149. The molecule has 2 aliphatic rings. The fraction of sp³-hybridized carbons (Fsp3) is 0.421. The van der Waals surface area contributed by atoms with Gasteiger partial charge in [-0.25, -0.2) is 0 Å². The number of halogens is 1. The number of imide groups is 1. The van der Waals surface area contributed by atoms with Crippen molar-refractivity contribution in [1.82, 2.24) is 10.4 Å². The molecule has 1 saturated heterocycles. The Bertz CT molecular complexity index is 786. The van der Waals surface area contributed by atoms with Crippen molar-refractivity contribution < 1.29 is 19.1 Å². The fourth-order valence-corrected chi connectivity index (χ4v) is 3.66. The first-order valence-corrected chi connectivity index (χ1v) is 8.87. The number of ether oxygens (including phenoxy) is 1. The molecule has 6 nitrogen and oxygen atoms in total. The average molecular weight is 377 g/mol. The van der Waals surface area contributed by atoms with Crippen molar-refractivity contribution in [1.29, 1.82) is 0 Å². The summed E-state index contributed by atoms with van der Waals surface area (Å²) < 4.78 is 5.46. The van der Waals surface area contributed by atoms with Gasteiger partial charge in [0, 0.05) is 5.02 Å². The largest absolute Gasteiger partial charge is 0.483 e. The number of nitrogens with one attached hydrogen (secondary N) is 1. The van der Waals surface area contributed by atoms with Crippen molar-refractivity contribution in [2.45, 2.75) is 33.6 Å². The van der Waals surface area contributed by atoms with Crippen LogP contribution >= 0.6 is 11.6 Å². The first-order chi connectivity index (χ1) is 12.3. The highest BCUT2D eigenvalue weighted by molar-refractivity contribution is 6.30. The molecule has 1 aliphatic carbocycles. The molecular weight excluding hydrogens is 356 g/mol. The molecule has 0 aromatic heterocycles. The Kier molecular flexibility index (Phi) is 5.05. The van der Waals surface area contributed by atoms with Crippen LogP contribution in [0.2, 0.25) is 5.02 Å². The molecule has 1 fully saturated rings. The predicted molar refractivity (Wildman–Crippen MR) is 96.3 cm³/mol. The highest BCUT2D eigenvalue weighted by Crippen LogP contribution is 2.39. The first kappa shape index (κ1) is 18.5. The van der Waals surface area contributed by atoms with E-state index in [1.54, 1.807) is 18.2 Å². The summed E-state index contributed by atoms with van der Waals surface area (Å²) in [6.07, 6.45) is 1.13. The molecule has 1 heterocycles. The fourth-order valence-electron chi connectivity index (χ4n) is 3.44. The number of rotatable bonds is 4. The Hall–Kier alpha value is -2.34. The van der Waals surface area contributed by atoms with Gasteiger partial charge >= 0.3 is 0 Å². The van der Waals surface area contributed by atoms with Crippen molar-refractivity contribution in [3.63, 3.8) is 0 Å². The maximum Gasteiger partial charge on any atom is 0.276 e. The van der Waals surface area contributed by atoms with Gasteiger partial charge in [-0.05, 0) is 57.4 Å². The van der Waals surface area contributed by atoms with Crippen LogP contribution in [0.15, 0.2) is 29.3 Å². The average Bonchev–Trinajstić information content (AvgIpc) is 2.79. The van der Waals surface area contributed by atoms with Gasteiger partial charge in [0.1, 0.15) is 5.75 Å². The van der Waals surface area contributed by atoms with Gasteiger partial charge in [-0.1, -0.05) is 22.7 Å². The van der Waals surface area contributed by atoms with E-state index in [0.717, 1.165) is 21.7 Å². The SMILES string of the molecule is CC1=C(C)C[C@H]2C(=O)N(NC(=O)COc3ccc(Cl)cc3C)C(=O)[C@H]2C1. The molecule has 2 atom stereocenters. The van der Waals surface area contributed by atoms with E-state index in [1.807, 2.05) is 20.8 Å². The van der Waals surface area contributed by atoms with E-state index >= 15 is 0 Å². The summed E-state index contributed by atoms with van der Waals surface area (Å²) in [6, 6.07) is 5.06. The standard InChI is InChI=1S/C19H21ClN2O4/c1-10-7-14-15(8-11(10)2)19(25)22(18(14)24)21-17(23)9-26-16-5-4-13(20)6-12(16)3/h4-6,14-15H,7-9H2,1-3H3,(H,21,23)/t14-,15+. The van der Waals surface area contributed by atoms with E-state index in [1.165, 1.54) is 0 Å². The predicted octanol–water partition coefficient (Wildman–Crippen LogP) is 2.79. The zero-order chi connectivity index (χ0) is 19.0. The molecule has 26 heavy (non-hydrogen) atoms. The zero-order valence-corrected chi connectivity index (χ0v) is 15.7. The van der Waals surface area contributed by atoms with Crippen LogP contribution in [0.5, 0.6) is 5.75 Å². The Morgan fingerprint density at radius 2 is 1.73 bits per heavy atom. The topological polar surface area (TPSA) is 75.7 Å². The molecule has 1 aromatic rings. The van der Waals surface area contributed by atoms with Gasteiger partial charge in [0.25, 0.3) is 17.7 Å². The quantitative estimate of drug-likeness (QED) is 0.647. The van der Waals surface area contributed by atoms with Crippen molar-refractivity contribution in [2.24, 2.45) is 11.8 Å². The number of nitrogens with zero attached hydrogens (tertiary/aromatic N) is 1. The van der Waals surface area contributed by atoms with Gasteiger partial charge in [-0.3, -0.25) is 19.8 Å². The van der Waals surface area contributed by atoms with E-state index in [9.17, 15) is 14.4 Å². The van der Waals surface area contributed by atoms with Crippen LogP contribution in [0.1, 0.15) is 32.3 Å². The lowest BCUT2D eigenvalue weighted by Gasteiger charge is -2.23. The summed E-state index contributed by atoms with van der Waals surface area (Å²) in [5.41, 5.74) is 5.47. The molecule has 138 valence electrons. The van der Waals surface area contributed by atoms with Crippen LogP contribution in [-0.4, -0.2) is 29.3 Å². The summed E-state index contributed by atoms with van der Waals surface area (Å²) in [7, 11) is 0. The minimum atomic E-state index is -0.555. The summed E-state index contributed by atoms with van der Waals surface area (Å²) >= 11 is 5.89. The minimum Gasteiger partial charge on any atom is -0.483 e. The highest BCUT2D eigenvalue weighted by atomic mass is 35.5. The molecule has 0 spiro atoms. The molecule has 0 saturated carbocycles. The molecule has 1 aromatic carbocycles. The number of fused-ring (bicyclic) bond motifs is 1. The molecule has 0 unspecified atom stereocenters. The van der Waals surface area contributed by atoms with Gasteiger partial charge in [0.2, 0.25) is 0 Å². The third-order valence-electron chi connectivity index (χ3n) is 5.07. The number of amides is 3. The Morgan fingerprint density at radius 3 is 2.27 bits per heavy atom. The van der Waals surface area contributed by atoms with Crippen molar-refractivity contribution in [3.8, 4) is 5.75 Å². The van der Waals surface area contributed by atoms with E-state index in [4.69, 9.17) is 16.3 Å². The van der Waals surface area contributed by atoms with Crippen LogP contribution in [0, 0.1) is 18.8 Å². The molecule has 1 aliphatic heterocycles. The number of carbonyl (C=O) groups is 3. The third-order valence-corrected chi connectivity index (χ3v) is 5.31. The monoisotopic (exact) mass is 376 g/mol. The summed E-state index contributed by atoms with van der Waals surface area (Å²) in [5, 5.41) is 1.44. The molecule has 1 N–H and O–H groups in total. The van der Waals surface area contributed by atoms with Crippen molar-refractivity contribution in [2.75, 3.05) is 6.61 Å². The van der Waals surface area contributed by atoms with E-state index < -0.39 is 5.91 Å². The highest BCUT2D eigenvalue weighted by Gasteiger charge is 2.49. The van der Waals surface area contributed by atoms with Crippen LogP contribution in [0.25, 0.3) is 0 Å². The van der Waals surface area contributed by atoms with Gasteiger partial charge in [0.15, 0.2) is 6.61 Å². The molecule has 7 heteroatoms. The van der Waals surface area contributed by atoms with Crippen molar-refractivity contribution in [3.05, 3.63) is 39.9 Å². The number of hydrogen-bond donors (Lipinski definition) is 1. The smallest absolute Gasteiger partial charge is 0.276 e. The lowest BCUT2D eigenvalue weighted by Crippen LogP contribution is -2.48. The molecule has 0 radical (unpaired) electrons. The second kappa shape index (κ2) is 7.11. The number of aryl methyl sites for hydroxylation is 1. The normalized spacial score (nSPS) is 22.5. The number of benzene rings is 1. The maximum atomic E-state index is 12.5. The van der Waals surface area contributed by atoms with Crippen LogP contribution in [-0.2, 0) is 14.4 Å². The Labute approximate surface area is 157 Å². The number of carbonyl (C=O) groups excluding carboxylic acids is 3. The van der Waals surface area contributed by atoms with Gasteiger partial charge < -0.3 is 4.74 Å². The third kappa shape index (κ3) is 3.46. The maximum absolute atomic E-state index is 12.5. The second-order valence-corrected chi connectivity index (χ2v) is 7.36. The van der Waals surface area contributed by atoms with E-state index in [2.05, 4.69) is 5.43 Å². The van der Waals surface area contributed by atoms with Gasteiger partial charge in [-0.2, -0.15) is 5.01 Å². The summed E-state index contributed by atoms with van der Waals surface area (Å²) in [5.74, 6) is -1.49. The zero-order valence-electron chi connectivity index (χ0n) is 15.0. The Balaban J connectivity index is 1.61. The summed E-state index contributed by atoms with van der Waals surface area (Å²) in [4.78, 5) is 37.2. The molecular formula is C19H21ClN2O4. The summed E-state index contributed by atoms with van der Waals surface area (Å²) in [6.45, 7) is 5.47. The van der Waals surface area contributed by atoms with Gasteiger partial charge in [0.05, 0.1) is 11.8 Å². The first-order valence-electron chi connectivity index (χ1n) is 8.49. The minimum absolute atomic E-state index is 0.300. The second-order valence-electron chi connectivity index (χ2n) is 6.93. The molecule has 0 bridgehead atoms. The molecule has 3 amide bonds. The van der Waals surface area contributed by atoms with E-state index in [-0.39, 0.29) is 30.3 Å². The van der Waals surface area contributed by atoms with Crippen LogP contribution in [0.4, 0.5) is 0 Å². The van der Waals surface area contributed by atoms with Crippen molar-refractivity contribution >= 4 is 29.3 Å². The number of hydrogen-bond acceptors (Lipinski definition) is 4.